The minimum atomic E-state index is -0.990. The number of benzene rings is 2. The average Bonchev–Trinajstić information content (AvgIpc) is 2.61. The van der Waals surface area contributed by atoms with Gasteiger partial charge in [-0.3, -0.25) is 9.78 Å². The Morgan fingerprint density at radius 1 is 1.12 bits per heavy atom. The number of rotatable bonds is 4. The summed E-state index contributed by atoms with van der Waals surface area (Å²) < 4.78 is 0. The summed E-state index contributed by atoms with van der Waals surface area (Å²) in [5.41, 5.74) is 5.25. The van der Waals surface area contributed by atoms with E-state index in [1.54, 1.807) is 25.1 Å². The normalized spacial score (nSPS) is 10.9. The van der Waals surface area contributed by atoms with Crippen molar-refractivity contribution >= 4 is 29.0 Å². The summed E-state index contributed by atoms with van der Waals surface area (Å²) in [5, 5.41) is 13.7. The van der Waals surface area contributed by atoms with Gasteiger partial charge in [0.05, 0.1) is 28.6 Å². The van der Waals surface area contributed by atoms with Crippen molar-refractivity contribution in [1.82, 2.24) is 10.4 Å². The number of hydrogen-bond donors (Lipinski definition) is 2. The average molecular weight is 333 g/mol. The van der Waals surface area contributed by atoms with Crippen molar-refractivity contribution in [2.75, 3.05) is 0 Å². The first-order valence-corrected chi connectivity index (χ1v) is 7.58. The van der Waals surface area contributed by atoms with Crippen molar-refractivity contribution in [3.8, 4) is 0 Å². The lowest BCUT2D eigenvalue weighted by Gasteiger charge is -2.06. The molecule has 2 N–H and O–H groups in total. The van der Waals surface area contributed by atoms with Crippen molar-refractivity contribution in [3.63, 3.8) is 0 Å². The van der Waals surface area contributed by atoms with Gasteiger partial charge in [0.25, 0.3) is 5.91 Å². The number of nitrogens with zero attached hydrogens (tertiary/aromatic N) is 2. The van der Waals surface area contributed by atoms with E-state index >= 15 is 0 Å². The second kappa shape index (κ2) is 6.92. The highest BCUT2D eigenvalue weighted by atomic mass is 16.4. The third-order valence-electron chi connectivity index (χ3n) is 3.70. The molecule has 0 atom stereocenters. The van der Waals surface area contributed by atoms with Crippen molar-refractivity contribution in [2.24, 2.45) is 5.10 Å². The quantitative estimate of drug-likeness (QED) is 0.567. The summed E-state index contributed by atoms with van der Waals surface area (Å²) >= 11 is 0. The van der Waals surface area contributed by atoms with Crippen LogP contribution in [0.4, 0.5) is 0 Å². The number of carboxylic acids is 1. The maximum Gasteiger partial charge on any atom is 0.335 e. The van der Waals surface area contributed by atoms with Crippen molar-refractivity contribution in [1.29, 1.82) is 0 Å². The highest BCUT2D eigenvalue weighted by Crippen LogP contribution is 2.16. The molecule has 0 aliphatic rings. The summed E-state index contributed by atoms with van der Waals surface area (Å²) in [5.74, 6) is -1.34. The largest absolute Gasteiger partial charge is 0.478 e. The molecule has 0 aliphatic heterocycles. The Morgan fingerprint density at radius 3 is 2.56 bits per heavy atom. The molecule has 1 amide bonds. The summed E-state index contributed by atoms with van der Waals surface area (Å²) in [6, 6.07) is 15.5. The van der Waals surface area contributed by atoms with Gasteiger partial charge >= 0.3 is 5.97 Å². The standard InChI is InChI=1S/C19H15N3O3/c1-12-16(10-15-4-2-3-5-17(15)21-12)18(23)22-20-11-13-6-8-14(9-7-13)19(24)25/h2-11H,1H3,(H,22,23)(H,24,25)/b20-11-. The first-order valence-electron chi connectivity index (χ1n) is 7.58. The number of nitrogens with one attached hydrogen (secondary N) is 1. The molecule has 0 saturated heterocycles. The zero-order valence-electron chi connectivity index (χ0n) is 13.4. The molecular formula is C19H15N3O3. The highest BCUT2D eigenvalue weighted by molar-refractivity contribution is 5.99. The first kappa shape index (κ1) is 16.3. The van der Waals surface area contributed by atoms with Crippen LogP contribution in [0.15, 0.2) is 59.7 Å². The maximum absolute atomic E-state index is 12.3. The number of aryl methyl sites for hydroxylation is 1. The molecule has 0 saturated carbocycles. The van der Waals surface area contributed by atoms with Gasteiger partial charge < -0.3 is 5.11 Å². The molecule has 124 valence electrons. The molecule has 0 unspecified atom stereocenters. The van der Waals surface area contributed by atoms with E-state index in [4.69, 9.17) is 5.11 Å². The number of carboxylic acid groups (broad SMARTS) is 1. The minimum absolute atomic E-state index is 0.194. The molecule has 0 radical (unpaired) electrons. The molecule has 3 rings (SSSR count). The minimum Gasteiger partial charge on any atom is -0.478 e. The molecule has 1 heterocycles. The van der Waals surface area contributed by atoms with Gasteiger partial charge in [0.15, 0.2) is 0 Å². The SMILES string of the molecule is Cc1nc2ccccc2cc1C(=O)N/N=C\c1ccc(C(=O)O)cc1. The molecule has 6 nitrogen and oxygen atoms in total. The van der Waals surface area contributed by atoms with E-state index in [0.717, 1.165) is 10.9 Å². The predicted octanol–water partition coefficient (Wildman–Crippen LogP) is 3.01. The Hall–Kier alpha value is -3.54. The summed E-state index contributed by atoms with van der Waals surface area (Å²) in [6.07, 6.45) is 1.45. The number of carbonyl (C=O) groups excluding carboxylic acids is 1. The zero-order chi connectivity index (χ0) is 17.8. The Balaban J connectivity index is 1.74. The number of aromatic nitrogens is 1. The van der Waals surface area contributed by atoms with Crippen LogP contribution in [-0.4, -0.2) is 28.2 Å². The van der Waals surface area contributed by atoms with Crippen LogP contribution in [0.2, 0.25) is 0 Å². The van der Waals surface area contributed by atoms with Gasteiger partial charge in [-0.05, 0) is 36.8 Å². The van der Waals surface area contributed by atoms with Crippen LogP contribution in [0.1, 0.15) is 32.0 Å². The summed E-state index contributed by atoms with van der Waals surface area (Å²) in [4.78, 5) is 27.5. The number of carbonyl (C=O) groups is 2. The van der Waals surface area contributed by atoms with E-state index in [2.05, 4.69) is 15.5 Å². The molecule has 1 aromatic heterocycles. The number of para-hydroxylation sites is 1. The molecule has 2 aromatic carbocycles. The maximum atomic E-state index is 12.3. The first-order chi connectivity index (χ1) is 12.0. The second-order valence-electron chi connectivity index (χ2n) is 5.44. The van der Waals surface area contributed by atoms with Crippen LogP contribution in [0.5, 0.6) is 0 Å². The van der Waals surface area contributed by atoms with Crippen molar-refractivity contribution in [2.45, 2.75) is 6.92 Å². The number of fused-ring (bicyclic) bond motifs is 1. The molecule has 6 heteroatoms. The van der Waals surface area contributed by atoms with Crippen LogP contribution in [0.3, 0.4) is 0 Å². The van der Waals surface area contributed by atoms with E-state index in [0.29, 0.717) is 16.8 Å². The molecule has 0 bridgehead atoms. The lowest BCUT2D eigenvalue weighted by molar-refractivity contribution is 0.0696. The van der Waals surface area contributed by atoms with Gasteiger partial charge in [0.1, 0.15) is 0 Å². The summed E-state index contributed by atoms with van der Waals surface area (Å²) in [6.45, 7) is 1.77. The van der Waals surface area contributed by atoms with Crippen LogP contribution in [0.25, 0.3) is 10.9 Å². The van der Waals surface area contributed by atoms with Gasteiger partial charge in [-0.15, -0.1) is 0 Å². The van der Waals surface area contributed by atoms with E-state index in [1.165, 1.54) is 18.3 Å². The third kappa shape index (κ3) is 3.69. The number of hydrogen-bond acceptors (Lipinski definition) is 4. The fourth-order valence-electron chi connectivity index (χ4n) is 2.38. The van der Waals surface area contributed by atoms with Crippen LogP contribution >= 0.6 is 0 Å². The molecule has 0 aliphatic carbocycles. The summed E-state index contributed by atoms with van der Waals surface area (Å²) in [7, 11) is 0. The lowest BCUT2D eigenvalue weighted by Crippen LogP contribution is -2.19. The monoisotopic (exact) mass is 333 g/mol. The molecule has 3 aromatic rings. The number of aromatic carboxylic acids is 1. The fourth-order valence-corrected chi connectivity index (χ4v) is 2.38. The molecule has 0 spiro atoms. The third-order valence-corrected chi connectivity index (χ3v) is 3.70. The van der Waals surface area contributed by atoms with Gasteiger partial charge in [0, 0.05) is 5.39 Å². The topological polar surface area (TPSA) is 91.7 Å². The van der Waals surface area contributed by atoms with Crippen molar-refractivity contribution < 1.29 is 14.7 Å². The van der Waals surface area contributed by atoms with E-state index < -0.39 is 5.97 Å². The molecule has 0 fully saturated rings. The Kier molecular flexibility index (Phi) is 4.52. The number of hydrazone groups is 1. The van der Waals surface area contributed by atoms with Crippen LogP contribution < -0.4 is 5.43 Å². The van der Waals surface area contributed by atoms with Gasteiger partial charge in [-0.25, -0.2) is 10.2 Å². The molecular weight excluding hydrogens is 318 g/mol. The fraction of sp³-hybridized carbons (Fsp3) is 0.0526. The smallest absolute Gasteiger partial charge is 0.335 e. The van der Waals surface area contributed by atoms with E-state index in [-0.39, 0.29) is 11.5 Å². The molecule has 25 heavy (non-hydrogen) atoms. The Morgan fingerprint density at radius 2 is 1.84 bits per heavy atom. The lowest BCUT2D eigenvalue weighted by atomic mass is 10.1. The van der Waals surface area contributed by atoms with E-state index in [1.807, 2.05) is 24.3 Å². The van der Waals surface area contributed by atoms with Crippen molar-refractivity contribution in [3.05, 3.63) is 77.0 Å². The van der Waals surface area contributed by atoms with Gasteiger partial charge in [-0.1, -0.05) is 30.3 Å². The highest BCUT2D eigenvalue weighted by Gasteiger charge is 2.10. The van der Waals surface area contributed by atoms with Crippen LogP contribution in [0, 0.1) is 6.92 Å². The zero-order valence-corrected chi connectivity index (χ0v) is 13.4. The Bertz CT molecular complexity index is 979. The number of amides is 1. The second-order valence-corrected chi connectivity index (χ2v) is 5.44. The van der Waals surface area contributed by atoms with Gasteiger partial charge in [0.2, 0.25) is 0 Å². The van der Waals surface area contributed by atoms with Crippen LogP contribution in [-0.2, 0) is 0 Å². The van der Waals surface area contributed by atoms with E-state index in [9.17, 15) is 9.59 Å². The Labute approximate surface area is 143 Å². The number of pyridine rings is 1. The van der Waals surface area contributed by atoms with Gasteiger partial charge in [-0.2, -0.15) is 5.10 Å². The predicted molar refractivity (Wildman–Crippen MR) is 94.9 cm³/mol.